The molecule has 2 heterocycles. The van der Waals surface area contributed by atoms with Crippen molar-refractivity contribution in [1.82, 2.24) is 4.90 Å². The number of aryl methyl sites for hydroxylation is 3. The Balaban J connectivity index is 1.68. The van der Waals surface area contributed by atoms with Crippen molar-refractivity contribution < 1.29 is 4.79 Å². The number of rotatable bonds is 4. The second kappa shape index (κ2) is 7.26. The first-order valence-electron chi connectivity index (χ1n) is 8.31. The fraction of sp³-hybridized carbons (Fsp3) is 0.421. The lowest BCUT2D eigenvalue weighted by molar-refractivity contribution is -0.117. The molecule has 1 aromatic carbocycles. The van der Waals surface area contributed by atoms with E-state index in [9.17, 15) is 4.79 Å². The summed E-state index contributed by atoms with van der Waals surface area (Å²) in [5, 5.41) is 3.61. The molecule has 1 aliphatic heterocycles. The third-order valence-corrected chi connectivity index (χ3v) is 5.90. The predicted molar refractivity (Wildman–Crippen MR) is 102 cm³/mol. The molecule has 0 aliphatic carbocycles. The monoisotopic (exact) mass is 362 g/mol. The van der Waals surface area contributed by atoms with Crippen LogP contribution in [0.1, 0.15) is 39.8 Å². The Morgan fingerprint density at radius 3 is 2.79 bits per heavy atom. The van der Waals surface area contributed by atoms with Gasteiger partial charge in [-0.3, -0.25) is 9.69 Å². The first-order chi connectivity index (χ1) is 11.4. The molecule has 1 aliphatic rings. The zero-order chi connectivity index (χ0) is 17.3. The fourth-order valence-electron chi connectivity index (χ4n) is 3.41. The lowest BCUT2D eigenvalue weighted by Gasteiger charge is -2.23. The summed E-state index contributed by atoms with van der Waals surface area (Å²) in [6, 6.07) is 8.64. The Hall–Kier alpha value is -1.36. The van der Waals surface area contributed by atoms with Crippen LogP contribution < -0.4 is 5.32 Å². The number of anilines is 1. The summed E-state index contributed by atoms with van der Waals surface area (Å²) >= 11 is 8.13. The number of hydrogen-bond donors (Lipinski definition) is 1. The summed E-state index contributed by atoms with van der Waals surface area (Å²) in [7, 11) is 0. The predicted octanol–water partition coefficient (Wildman–Crippen LogP) is 5.10. The third-order valence-electron chi connectivity index (χ3n) is 4.50. The maximum Gasteiger partial charge on any atom is 0.238 e. The van der Waals surface area contributed by atoms with Crippen LogP contribution in [0.4, 0.5) is 5.69 Å². The molecule has 1 unspecified atom stereocenters. The van der Waals surface area contributed by atoms with E-state index in [1.807, 2.05) is 37.3 Å². The van der Waals surface area contributed by atoms with Gasteiger partial charge in [-0.25, -0.2) is 0 Å². The van der Waals surface area contributed by atoms with Crippen LogP contribution >= 0.6 is 22.9 Å². The Morgan fingerprint density at radius 2 is 2.12 bits per heavy atom. The number of carbonyl (C=O) groups excluding carboxylic acids is 1. The zero-order valence-corrected chi connectivity index (χ0v) is 15.9. The van der Waals surface area contributed by atoms with Gasteiger partial charge in [0.15, 0.2) is 0 Å². The highest BCUT2D eigenvalue weighted by molar-refractivity contribution is 7.12. The largest absolute Gasteiger partial charge is 0.323 e. The standard InChI is InChI=1S/C19H23ClN2OS/c1-12-9-13(2)19(15(20)10-12)21-18(23)11-22-8-4-5-16(22)17-7-6-14(3)24-17/h6-7,9-10,16H,4-5,8,11H2,1-3H3,(H,21,23). The Kier molecular flexibility index (Phi) is 5.28. The van der Waals surface area contributed by atoms with Gasteiger partial charge in [0.2, 0.25) is 5.91 Å². The van der Waals surface area contributed by atoms with Crippen LogP contribution in [0.15, 0.2) is 24.3 Å². The summed E-state index contributed by atoms with van der Waals surface area (Å²) in [6.07, 6.45) is 2.26. The Morgan fingerprint density at radius 1 is 1.33 bits per heavy atom. The second-order valence-corrected chi connectivity index (χ2v) is 8.29. The molecule has 0 saturated carbocycles. The molecule has 1 N–H and O–H groups in total. The SMILES string of the molecule is Cc1cc(C)c(NC(=O)CN2CCCC2c2ccc(C)s2)c(Cl)c1. The molecular weight excluding hydrogens is 340 g/mol. The van der Waals surface area contributed by atoms with Gasteiger partial charge in [0.1, 0.15) is 0 Å². The van der Waals surface area contributed by atoms with Gasteiger partial charge in [0, 0.05) is 15.8 Å². The molecule has 1 amide bonds. The van der Waals surface area contributed by atoms with Gasteiger partial charge < -0.3 is 5.32 Å². The lowest BCUT2D eigenvalue weighted by atomic mass is 10.1. The average molecular weight is 363 g/mol. The minimum Gasteiger partial charge on any atom is -0.323 e. The molecule has 1 fully saturated rings. The van der Waals surface area contributed by atoms with Crippen molar-refractivity contribution in [3.05, 3.63) is 50.2 Å². The Bertz CT molecular complexity index is 733. The summed E-state index contributed by atoms with van der Waals surface area (Å²) in [5.74, 6) is 0.00373. The van der Waals surface area contributed by atoms with Crippen molar-refractivity contribution in [1.29, 1.82) is 0 Å². The molecule has 1 saturated heterocycles. The van der Waals surface area contributed by atoms with E-state index in [-0.39, 0.29) is 5.91 Å². The summed E-state index contributed by atoms with van der Waals surface area (Å²) in [5.41, 5.74) is 2.83. The number of hydrogen-bond acceptors (Lipinski definition) is 3. The maximum absolute atomic E-state index is 12.5. The third kappa shape index (κ3) is 3.82. The van der Waals surface area contributed by atoms with Gasteiger partial charge >= 0.3 is 0 Å². The maximum atomic E-state index is 12.5. The molecule has 1 atom stereocenters. The van der Waals surface area contributed by atoms with Crippen LogP contribution in [0, 0.1) is 20.8 Å². The molecule has 0 spiro atoms. The van der Waals surface area contributed by atoms with E-state index in [2.05, 4.69) is 29.3 Å². The smallest absolute Gasteiger partial charge is 0.238 e. The highest BCUT2D eigenvalue weighted by Crippen LogP contribution is 2.35. The number of halogens is 1. The second-order valence-electron chi connectivity index (χ2n) is 6.56. The first-order valence-corrected chi connectivity index (χ1v) is 9.50. The quantitative estimate of drug-likeness (QED) is 0.820. The van der Waals surface area contributed by atoms with E-state index in [1.54, 1.807) is 0 Å². The van der Waals surface area contributed by atoms with Gasteiger partial charge in [-0.15, -0.1) is 11.3 Å². The molecular formula is C19H23ClN2OS. The first kappa shape index (κ1) is 17.5. The van der Waals surface area contributed by atoms with Crippen LogP contribution in [-0.2, 0) is 4.79 Å². The average Bonchev–Trinajstić information content (AvgIpc) is 3.11. The van der Waals surface area contributed by atoms with E-state index in [1.165, 1.54) is 9.75 Å². The van der Waals surface area contributed by atoms with Crippen LogP contribution in [0.2, 0.25) is 5.02 Å². The Labute approximate surface area is 152 Å². The van der Waals surface area contributed by atoms with Gasteiger partial charge in [-0.2, -0.15) is 0 Å². The number of thiophene rings is 1. The van der Waals surface area contributed by atoms with Crippen molar-refractivity contribution in [2.24, 2.45) is 0 Å². The van der Waals surface area contributed by atoms with Crippen LogP contribution in [-0.4, -0.2) is 23.9 Å². The van der Waals surface area contributed by atoms with Crippen LogP contribution in [0.5, 0.6) is 0 Å². The molecule has 128 valence electrons. The molecule has 24 heavy (non-hydrogen) atoms. The number of likely N-dealkylation sites (tertiary alicyclic amines) is 1. The topological polar surface area (TPSA) is 32.3 Å². The van der Waals surface area contributed by atoms with Crippen molar-refractivity contribution in [2.75, 3.05) is 18.4 Å². The normalized spacial score (nSPS) is 18.1. The highest BCUT2D eigenvalue weighted by atomic mass is 35.5. The van der Waals surface area contributed by atoms with Gasteiger partial charge in [-0.1, -0.05) is 17.7 Å². The van der Waals surface area contributed by atoms with Gasteiger partial charge in [-0.05, 0) is 69.5 Å². The molecule has 2 aromatic rings. The van der Waals surface area contributed by atoms with E-state index in [0.29, 0.717) is 17.6 Å². The summed E-state index contributed by atoms with van der Waals surface area (Å²) in [4.78, 5) is 17.5. The molecule has 0 radical (unpaired) electrons. The molecule has 3 rings (SSSR count). The minimum absolute atomic E-state index is 0.00373. The lowest BCUT2D eigenvalue weighted by Crippen LogP contribution is -2.32. The summed E-state index contributed by atoms with van der Waals surface area (Å²) in [6.45, 7) is 7.48. The van der Waals surface area contributed by atoms with E-state index in [0.717, 1.165) is 36.2 Å². The minimum atomic E-state index is 0.00373. The van der Waals surface area contributed by atoms with Crippen molar-refractivity contribution in [3.63, 3.8) is 0 Å². The van der Waals surface area contributed by atoms with Crippen LogP contribution in [0.25, 0.3) is 0 Å². The number of benzene rings is 1. The number of nitrogens with zero attached hydrogens (tertiary/aromatic N) is 1. The van der Waals surface area contributed by atoms with Gasteiger partial charge in [0.05, 0.1) is 17.3 Å². The fourth-order valence-corrected chi connectivity index (χ4v) is 4.82. The number of nitrogens with one attached hydrogen (secondary N) is 1. The molecule has 1 aromatic heterocycles. The highest BCUT2D eigenvalue weighted by Gasteiger charge is 2.28. The molecule has 5 heteroatoms. The molecule has 3 nitrogen and oxygen atoms in total. The van der Waals surface area contributed by atoms with Crippen molar-refractivity contribution >= 4 is 34.5 Å². The van der Waals surface area contributed by atoms with E-state index >= 15 is 0 Å². The van der Waals surface area contributed by atoms with Crippen LogP contribution in [0.3, 0.4) is 0 Å². The van der Waals surface area contributed by atoms with Gasteiger partial charge in [0.25, 0.3) is 0 Å². The number of carbonyl (C=O) groups is 1. The number of amides is 1. The van der Waals surface area contributed by atoms with Crippen molar-refractivity contribution in [3.8, 4) is 0 Å². The zero-order valence-electron chi connectivity index (χ0n) is 14.4. The van der Waals surface area contributed by atoms with E-state index < -0.39 is 0 Å². The van der Waals surface area contributed by atoms with E-state index in [4.69, 9.17) is 11.6 Å². The molecule has 0 bridgehead atoms. The summed E-state index contributed by atoms with van der Waals surface area (Å²) < 4.78 is 0. The van der Waals surface area contributed by atoms with Crippen molar-refractivity contribution in [2.45, 2.75) is 39.7 Å².